The highest BCUT2D eigenvalue weighted by Gasteiger charge is 2.33. The molecule has 1 saturated carbocycles. The van der Waals surface area contributed by atoms with Crippen molar-refractivity contribution in [3.05, 3.63) is 18.1 Å². The Morgan fingerprint density at radius 1 is 1.53 bits per heavy atom. The summed E-state index contributed by atoms with van der Waals surface area (Å²) in [6.07, 6.45) is 4.65. The van der Waals surface area contributed by atoms with E-state index in [1.165, 1.54) is 6.42 Å². The second-order valence-corrected chi connectivity index (χ2v) is 4.38. The van der Waals surface area contributed by atoms with Crippen LogP contribution in [0.3, 0.4) is 0 Å². The maximum Gasteiger partial charge on any atom is 0.147 e. The molecule has 1 heterocycles. The number of rotatable bonds is 4. The highest BCUT2D eigenvalue weighted by atomic mass is 16.3. The monoisotopic (exact) mass is 207 g/mol. The fraction of sp³-hybridized carbons (Fsp3) is 0.636. The number of hydrogen-bond acceptors (Lipinski definition) is 4. The number of aliphatic hydroxyl groups is 1. The molecule has 2 unspecified atom stereocenters. The average molecular weight is 207 g/mol. The highest BCUT2D eigenvalue weighted by Crippen LogP contribution is 2.38. The number of anilines is 1. The lowest BCUT2D eigenvalue weighted by Gasteiger charge is -2.17. The van der Waals surface area contributed by atoms with Crippen LogP contribution in [0.2, 0.25) is 0 Å². The molecule has 82 valence electrons. The summed E-state index contributed by atoms with van der Waals surface area (Å²) in [6.45, 7) is 3.26. The Morgan fingerprint density at radius 2 is 2.27 bits per heavy atom. The SMILES string of the molecule is CC1CC1CN(C)c1cncc(CO)n1. The predicted octanol–water partition coefficient (Wildman–Crippen LogP) is 1.06. The van der Waals surface area contributed by atoms with Crippen molar-refractivity contribution in [2.75, 3.05) is 18.5 Å². The van der Waals surface area contributed by atoms with Gasteiger partial charge in [0.15, 0.2) is 0 Å². The van der Waals surface area contributed by atoms with Crippen molar-refractivity contribution in [3.8, 4) is 0 Å². The number of hydrogen-bond donors (Lipinski definition) is 1. The standard InChI is InChI=1S/C11H17N3O/c1-8-3-9(8)6-14(2)11-5-12-4-10(7-15)13-11/h4-5,8-9,15H,3,6-7H2,1-2H3. The van der Waals surface area contributed by atoms with Crippen molar-refractivity contribution in [2.24, 2.45) is 11.8 Å². The van der Waals surface area contributed by atoms with Gasteiger partial charge in [-0.15, -0.1) is 0 Å². The molecule has 2 atom stereocenters. The van der Waals surface area contributed by atoms with E-state index in [1.807, 2.05) is 7.05 Å². The minimum atomic E-state index is -0.0471. The molecule has 0 aromatic carbocycles. The summed E-state index contributed by atoms with van der Waals surface area (Å²) in [4.78, 5) is 10.5. The second-order valence-electron chi connectivity index (χ2n) is 4.38. The molecule has 1 aliphatic rings. The summed E-state index contributed by atoms with van der Waals surface area (Å²) >= 11 is 0. The average Bonchev–Trinajstić information content (AvgIpc) is 2.94. The number of aromatic nitrogens is 2. The fourth-order valence-corrected chi connectivity index (χ4v) is 1.75. The molecule has 0 radical (unpaired) electrons. The molecule has 0 spiro atoms. The van der Waals surface area contributed by atoms with Crippen molar-refractivity contribution in [3.63, 3.8) is 0 Å². The molecule has 1 aliphatic carbocycles. The second kappa shape index (κ2) is 4.14. The van der Waals surface area contributed by atoms with Crippen LogP contribution in [0.15, 0.2) is 12.4 Å². The maximum absolute atomic E-state index is 8.96. The van der Waals surface area contributed by atoms with Gasteiger partial charge in [-0.3, -0.25) is 4.98 Å². The van der Waals surface area contributed by atoms with E-state index in [1.54, 1.807) is 12.4 Å². The molecule has 15 heavy (non-hydrogen) atoms. The summed E-state index contributed by atoms with van der Waals surface area (Å²) in [7, 11) is 2.02. The summed E-state index contributed by atoms with van der Waals surface area (Å²) < 4.78 is 0. The molecule has 0 amide bonds. The van der Waals surface area contributed by atoms with Gasteiger partial charge in [-0.25, -0.2) is 4.98 Å². The molecule has 1 aromatic rings. The van der Waals surface area contributed by atoms with Crippen molar-refractivity contribution in [1.82, 2.24) is 9.97 Å². The molecular weight excluding hydrogens is 190 g/mol. The zero-order valence-corrected chi connectivity index (χ0v) is 9.22. The van der Waals surface area contributed by atoms with Gasteiger partial charge < -0.3 is 10.0 Å². The lowest BCUT2D eigenvalue weighted by Crippen LogP contribution is -2.22. The molecule has 0 aliphatic heterocycles. The van der Waals surface area contributed by atoms with Crippen molar-refractivity contribution in [1.29, 1.82) is 0 Å². The van der Waals surface area contributed by atoms with Crippen LogP contribution in [0, 0.1) is 11.8 Å². The fourth-order valence-electron chi connectivity index (χ4n) is 1.75. The van der Waals surface area contributed by atoms with Gasteiger partial charge >= 0.3 is 0 Å². The zero-order chi connectivity index (χ0) is 10.8. The van der Waals surface area contributed by atoms with E-state index in [0.29, 0.717) is 5.69 Å². The first-order valence-corrected chi connectivity index (χ1v) is 5.33. The van der Waals surface area contributed by atoms with Crippen LogP contribution in [0.25, 0.3) is 0 Å². The van der Waals surface area contributed by atoms with Crippen LogP contribution in [0.4, 0.5) is 5.82 Å². The van der Waals surface area contributed by atoms with Gasteiger partial charge in [0.05, 0.1) is 24.7 Å². The molecular formula is C11H17N3O. The minimum absolute atomic E-state index is 0.0471. The third kappa shape index (κ3) is 2.45. The first-order valence-electron chi connectivity index (χ1n) is 5.33. The van der Waals surface area contributed by atoms with Gasteiger partial charge in [0.25, 0.3) is 0 Å². The summed E-state index contributed by atoms with van der Waals surface area (Å²) in [5.41, 5.74) is 0.628. The normalized spacial score (nSPS) is 23.9. The Balaban J connectivity index is 2.00. The number of nitrogens with zero attached hydrogens (tertiary/aromatic N) is 3. The highest BCUT2D eigenvalue weighted by molar-refractivity contribution is 5.35. The Morgan fingerprint density at radius 3 is 2.87 bits per heavy atom. The smallest absolute Gasteiger partial charge is 0.147 e. The summed E-state index contributed by atoms with van der Waals surface area (Å²) in [5, 5.41) is 8.96. The Bertz CT molecular complexity index is 342. The molecule has 0 bridgehead atoms. The molecule has 0 saturated heterocycles. The summed E-state index contributed by atoms with van der Waals surface area (Å²) in [5.74, 6) is 2.50. The molecule has 4 heteroatoms. The topological polar surface area (TPSA) is 49.2 Å². The zero-order valence-electron chi connectivity index (χ0n) is 9.22. The van der Waals surface area contributed by atoms with Crippen LogP contribution >= 0.6 is 0 Å². The minimum Gasteiger partial charge on any atom is -0.390 e. The van der Waals surface area contributed by atoms with Crippen molar-refractivity contribution >= 4 is 5.82 Å². The Kier molecular flexibility index (Phi) is 2.86. The third-order valence-electron chi connectivity index (χ3n) is 3.01. The van der Waals surface area contributed by atoms with E-state index in [4.69, 9.17) is 5.11 Å². The van der Waals surface area contributed by atoms with Crippen LogP contribution in [0.1, 0.15) is 19.0 Å². The lowest BCUT2D eigenvalue weighted by molar-refractivity contribution is 0.276. The number of aliphatic hydroxyl groups excluding tert-OH is 1. The summed E-state index contributed by atoms with van der Waals surface area (Å²) in [6, 6.07) is 0. The van der Waals surface area contributed by atoms with Crippen molar-refractivity contribution in [2.45, 2.75) is 20.0 Å². The largest absolute Gasteiger partial charge is 0.390 e. The third-order valence-corrected chi connectivity index (χ3v) is 3.01. The van der Waals surface area contributed by atoms with Gasteiger partial charge in [0.2, 0.25) is 0 Å². The Labute approximate surface area is 90.0 Å². The lowest BCUT2D eigenvalue weighted by atomic mass is 10.3. The van der Waals surface area contributed by atoms with Gasteiger partial charge in [-0.05, 0) is 18.3 Å². The van der Waals surface area contributed by atoms with E-state index in [2.05, 4.69) is 21.8 Å². The molecule has 1 fully saturated rings. The Hall–Kier alpha value is -1.16. The van der Waals surface area contributed by atoms with Crippen LogP contribution in [0.5, 0.6) is 0 Å². The quantitative estimate of drug-likeness (QED) is 0.802. The van der Waals surface area contributed by atoms with Crippen LogP contribution in [-0.2, 0) is 6.61 Å². The van der Waals surface area contributed by atoms with E-state index in [9.17, 15) is 0 Å². The van der Waals surface area contributed by atoms with E-state index in [-0.39, 0.29) is 6.61 Å². The van der Waals surface area contributed by atoms with E-state index < -0.39 is 0 Å². The van der Waals surface area contributed by atoms with Crippen LogP contribution < -0.4 is 4.90 Å². The molecule has 1 N–H and O–H groups in total. The van der Waals surface area contributed by atoms with Gasteiger partial charge in [0.1, 0.15) is 5.82 Å². The first-order chi connectivity index (χ1) is 7.20. The maximum atomic E-state index is 8.96. The molecule has 4 nitrogen and oxygen atoms in total. The van der Waals surface area contributed by atoms with E-state index >= 15 is 0 Å². The van der Waals surface area contributed by atoms with Gasteiger partial charge in [-0.2, -0.15) is 0 Å². The van der Waals surface area contributed by atoms with Gasteiger partial charge in [0, 0.05) is 13.6 Å². The van der Waals surface area contributed by atoms with E-state index in [0.717, 1.165) is 24.2 Å². The first kappa shape index (κ1) is 10.4. The van der Waals surface area contributed by atoms with Gasteiger partial charge in [-0.1, -0.05) is 6.92 Å². The predicted molar refractivity (Wildman–Crippen MR) is 58.5 cm³/mol. The molecule has 2 rings (SSSR count). The van der Waals surface area contributed by atoms with Crippen molar-refractivity contribution < 1.29 is 5.11 Å². The molecule has 1 aromatic heterocycles. The van der Waals surface area contributed by atoms with Crippen LogP contribution in [-0.4, -0.2) is 28.7 Å².